The largest absolute Gasteiger partial charge is 0.272 e. The predicted molar refractivity (Wildman–Crippen MR) is 124 cm³/mol. The molecule has 4 rings (SSSR count). The second-order valence-electron chi connectivity index (χ2n) is 7.34. The zero-order chi connectivity index (χ0) is 22.2. The lowest BCUT2D eigenvalue weighted by atomic mass is 9.90. The first-order valence-electron chi connectivity index (χ1n) is 9.49. The van der Waals surface area contributed by atoms with Crippen molar-refractivity contribution in [3.8, 4) is 33.4 Å². The van der Waals surface area contributed by atoms with Gasteiger partial charge in [-0.2, -0.15) is 5.10 Å². The Bertz CT molecular complexity index is 1440. The van der Waals surface area contributed by atoms with Gasteiger partial charge < -0.3 is 0 Å². The van der Waals surface area contributed by atoms with Gasteiger partial charge in [-0.15, -0.1) is 0 Å². The summed E-state index contributed by atoms with van der Waals surface area (Å²) in [6, 6.07) is 19.8. The van der Waals surface area contributed by atoms with E-state index in [1.807, 2.05) is 43.3 Å². The number of H-pyrrole nitrogens is 1. The monoisotopic (exact) mass is 450 g/mol. The Hall–Kier alpha value is -3.22. The van der Waals surface area contributed by atoms with E-state index >= 15 is 0 Å². The van der Waals surface area contributed by atoms with E-state index < -0.39 is 9.84 Å². The molecule has 0 unspecified atom stereocenters. The molecule has 1 N–H and O–H groups in total. The number of benzene rings is 3. The van der Waals surface area contributed by atoms with Crippen LogP contribution >= 0.6 is 11.6 Å². The van der Waals surface area contributed by atoms with Gasteiger partial charge in [-0.3, -0.25) is 4.79 Å². The minimum Gasteiger partial charge on any atom is -0.267 e. The standard InChI is InChI=1S/C24H19ClN2O3S/c1-15-6-11-20(21(12-15)17-4-3-5-18(25)13-17)23-22(14-26-27-24(23)28)16-7-9-19(10-8-16)31(2,29)30/h3-14H,1-2H3,(H,27,28). The molecule has 0 fully saturated rings. The summed E-state index contributed by atoms with van der Waals surface area (Å²) in [6.45, 7) is 1.99. The first-order chi connectivity index (χ1) is 14.7. The summed E-state index contributed by atoms with van der Waals surface area (Å²) < 4.78 is 23.6. The number of halogens is 1. The quantitative estimate of drug-likeness (QED) is 0.467. The summed E-state index contributed by atoms with van der Waals surface area (Å²) in [5.41, 5.74) is 4.96. The lowest BCUT2D eigenvalue weighted by molar-refractivity contribution is 0.602. The van der Waals surface area contributed by atoms with Gasteiger partial charge in [0.25, 0.3) is 5.56 Å². The molecule has 4 aromatic rings. The van der Waals surface area contributed by atoms with E-state index in [-0.39, 0.29) is 10.5 Å². The van der Waals surface area contributed by atoms with Crippen LogP contribution in [0.2, 0.25) is 5.02 Å². The first kappa shape index (κ1) is 21.0. The van der Waals surface area contributed by atoms with Gasteiger partial charge in [-0.1, -0.05) is 59.6 Å². The molecular formula is C24H19ClN2O3S. The van der Waals surface area contributed by atoms with E-state index in [9.17, 15) is 13.2 Å². The Morgan fingerprint density at radius 3 is 2.29 bits per heavy atom. The second-order valence-corrected chi connectivity index (χ2v) is 9.80. The fourth-order valence-electron chi connectivity index (χ4n) is 3.54. The van der Waals surface area contributed by atoms with Crippen LogP contribution in [0.4, 0.5) is 0 Å². The highest BCUT2D eigenvalue weighted by molar-refractivity contribution is 7.90. The lowest BCUT2D eigenvalue weighted by Crippen LogP contribution is -2.12. The molecule has 156 valence electrons. The van der Waals surface area contributed by atoms with Gasteiger partial charge in [-0.05, 0) is 53.4 Å². The summed E-state index contributed by atoms with van der Waals surface area (Å²) in [5, 5.41) is 7.10. The number of sulfone groups is 1. The zero-order valence-corrected chi connectivity index (χ0v) is 18.5. The fourth-order valence-corrected chi connectivity index (χ4v) is 4.36. The highest BCUT2D eigenvalue weighted by Crippen LogP contribution is 2.37. The van der Waals surface area contributed by atoms with Crippen molar-refractivity contribution in [3.63, 3.8) is 0 Å². The summed E-state index contributed by atoms with van der Waals surface area (Å²) in [5.74, 6) is 0. The van der Waals surface area contributed by atoms with Crippen molar-refractivity contribution in [1.82, 2.24) is 10.2 Å². The van der Waals surface area contributed by atoms with Gasteiger partial charge in [0.2, 0.25) is 0 Å². The molecule has 5 nitrogen and oxygen atoms in total. The van der Waals surface area contributed by atoms with Crippen molar-refractivity contribution >= 4 is 21.4 Å². The van der Waals surface area contributed by atoms with Crippen LogP contribution in [0.5, 0.6) is 0 Å². The molecule has 31 heavy (non-hydrogen) atoms. The minimum atomic E-state index is -3.32. The molecule has 0 aliphatic heterocycles. The Labute approximate surface area is 185 Å². The summed E-state index contributed by atoms with van der Waals surface area (Å²) in [6.07, 6.45) is 2.74. The van der Waals surface area contributed by atoms with E-state index in [0.29, 0.717) is 21.7 Å². The van der Waals surface area contributed by atoms with E-state index in [4.69, 9.17) is 11.6 Å². The summed E-state index contributed by atoms with van der Waals surface area (Å²) in [4.78, 5) is 13.1. The van der Waals surface area contributed by atoms with Gasteiger partial charge in [0.05, 0.1) is 16.7 Å². The van der Waals surface area contributed by atoms with Gasteiger partial charge in [0, 0.05) is 16.8 Å². The highest BCUT2D eigenvalue weighted by atomic mass is 35.5. The molecule has 0 aliphatic rings. The molecular weight excluding hydrogens is 432 g/mol. The number of aryl methyl sites for hydroxylation is 1. The van der Waals surface area contributed by atoms with Crippen LogP contribution in [-0.4, -0.2) is 24.9 Å². The maximum atomic E-state index is 12.9. The number of hydrogen-bond acceptors (Lipinski definition) is 4. The minimum absolute atomic E-state index is 0.213. The van der Waals surface area contributed by atoms with E-state index in [1.165, 1.54) is 12.1 Å². The normalized spacial score (nSPS) is 11.5. The number of aromatic nitrogens is 2. The molecule has 1 heterocycles. The average molecular weight is 451 g/mol. The van der Waals surface area contributed by atoms with Gasteiger partial charge in [0.15, 0.2) is 9.84 Å². The fraction of sp³-hybridized carbons (Fsp3) is 0.0833. The van der Waals surface area contributed by atoms with E-state index in [0.717, 1.165) is 28.5 Å². The van der Waals surface area contributed by atoms with Crippen LogP contribution in [0.1, 0.15) is 5.56 Å². The Morgan fingerprint density at radius 1 is 0.871 bits per heavy atom. The van der Waals surface area contributed by atoms with Crippen molar-refractivity contribution in [2.24, 2.45) is 0 Å². The molecule has 0 saturated carbocycles. The van der Waals surface area contributed by atoms with Crippen molar-refractivity contribution in [2.75, 3.05) is 6.26 Å². The number of rotatable bonds is 4. The maximum Gasteiger partial charge on any atom is 0.272 e. The molecule has 1 aromatic heterocycles. The molecule has 3 aromatic carbocycles. The van der Waals surface area contributed by atoms with Crippen molar-refractivity contribution < 1.29 is 8.42 Å². The van der Waals surface area contributed by atoms with Crippen LogP contribution in [0.3, 0.4) is 0 Å². The van der Waals surface area contributed by atoms with Gasteiger partial charge >= 0.3 is 0 Å². The molecule has 0 amide bonds. The smallest absolute Gasteiger partial charge is 0.267 e. The predicted octanol–water partition coefficient (Wildman–Crippen LogP) is 5.14. The van der Waals surface area contributed by atoms with Gasteiger partial charge in [-0.25, -0.2) is 13.5 Å². The Balaban J connectivity index is 1.96. The number of nitrogens with zero attached hydrogens (tertiary/aromatic N) is 1. The SMILES string of the molecule is Cc1ccc(-c2c(-c3ccc(S(C)(=O)=O)cc3)cn[nH]c2=O)c(-c2cccc(Cl)c2)c1. The lowest BCUT2D eigenvalue weighted by Gasteiger charge is -2.14. The number of aromatic amines is 1. The Kier molecular flexibility index (Phi) is 5.52. The third-order valence-electron chi connectivity index (χ3n) is 5.03. The maximum absolute atomic E-state index is 12.9. The highest BCUT2D eigenvalue weighted by Gasteiger charge is 2.18. The van der Waals surface area contributed by atoms with Crippen molar-refractivity contribution in [3.05, 3.63) is 93.9 Å². The topological polar surface area (TPSA) is 79.9 Å². The Morgan fingerprint density at radius 2 is 1.61 bits per heavy atom. The van der Waals surface area contributed by atoms with E-state index in [2.05, 4.69) is 10.2 Å². The molecule has 0 radical (unpaired) electrons. The zero-order valence-electron chi connectivity index (χ0n) is 16.9. The van der Waals surface area contributed by atoms with Crippen LogP contribution in [0.15, 0.2) is 82.6 Å². The summed E-state index contributed by atoms with van der Waals surface area (Å²) >= 11 is 6.22. The van der Waals surface area contributed by atoms with Crippen LogP contribution in [0, 0.1) is 6.92 Å². The molecule has 0 aliphatic carbocycles. The third-order valence-corrected chi connectivity index (χ3v) is 6.39. The molecule has 0 spiro atoms. The molecule has 7 heteroatoms. The number of nitrogens with one attached hydrogen (secondary N) is 1. The average Bonchev–Trinajstić information content (AvgIpc) is 2.73. The van der Waals surface area contributed by atoms with E-state index in [1.54, 1.807) is 24.4 Å². The third kappa shape index (κ3) is 4.31. The van der Waals surface area contributed by atoms with Crippen molar-refractivity contribution in [2.45, 2.75) is 11.8 Å². The van der Waals surface area contributed by atoms with Gasteiger partial charge in [0.1, 0.15) is 0 Å². The first-order valence-corrected chi connectivity index (χ1v) is 11.8. The van der Waals surface area contributed by atoms with Crippen LogP contribution in [-0.2, 0) is 9.84 Å². The van der Waals surface area contributed by atoms with Crippen LogP contribution in [0.25, 0.3) is 33.4 Å². The molecule has 0 saturated heterocycles. The summed E-state index contributed by atoms with van der Waals surface area (Å²) in [7, 11) is -3.32. The van der Waals surface area contributed by atoms with Crippen LogP contribution < -0.4 is 5.56 Å². The molecule has 0 bridgehead atoms. The molecule has 0 atom stereocenters. The second kappa shape index (κ2) is 8.13. The number of hydrogen-bond donors (Lipinski definition) is 1. The van der Waals surface area contributed by atoms with Crippen molar-refractivity contribution in [1.29, 1.82) is 0 Å².